The third kappa shape index (κ3) is 3.77. The standard InChI is InChI=1S/C10H10BrFN2O2S/c1-7(5-13)6-14-17(15,16)10-3-2-8(11)4-9(10)12/h2-4,7,14H,6H2,1H3. The molecule has 0 aliphatic heterocycles. The van der Waals surface area contributed by atoms with Crippen molar-refractivity contribution in [2.24, 2.45) is 5.92 Å². The highest BCUT2D eigenvalue weighted by atomic mass is 79.9. The van der Waals surface area contributed by atoms with E-state index in [2.05, 4.69) is 20.7 Å². The molecular formula is C10H10BrFN2O2S. The molecule has 0 aromatic heterocycles. The van der Waals surface area contributed by atoms with Gasteiger partial charge in [-0.2, -0.15) is 5.26 Å². The van der Waals surface area contributed by atoms with Crippen molar-refractivity contribution in [3.05, 3.63) is 28.5 Å². The van der Waals surface area contributed by atoms with Gasteiger partial charge in [-0.05, 0) is 25.1 Å². The third-order valence-corrected chi connectivity index (χ3v) is 3.93. The molecule has 92 valence electrons. The Balaban J connectivity index is 2.95. The smallest absolute Gasteiger partial charge is 0.210 e. The van der Waals surface area contributed by atoms with Crippen LogP contribution in [0.2, 0.25) is 0 Å². The van der Waals surface area contributed by atoms with Crippen molar-refractivity contribution in [3.8, 4) is 6.07 Å². The summed E-state index contributed by atoms with van der Waals surface area (Å²) in [5.41, 5.74) is 0. The van der Waals surface area contributed by atoms with Crippen LogP contribution in [0.1, 0.15) is 6.92 Å². The van der Waals surface area contributed by atoms with Gasteiger partial charge >= 0.3 is 0 Å². The van der Waals surface area contributed by atoms with Gasteiger partial charge in [-0.3, -0.25) is 0 Å². The van der Waals surface area contributed by atoms with Crippen LogP contribution in [-0.4, -0.2) is 15.0 Å². The van der Waals surface area contributed by atoms with Gasteiger partial charge < -0.3 is 0 Å². The number of nitriles is 1. The summed E-state index contributed by atoms with van der Waals surface area (Å²) in [6, 6.07) is 5.56. The Morgan fingerprint density at radius 2 is 2.24 bits per heavy atom. The van der Waals surface area contributed by atoms with Gasteiger partial charge in [0.1, 0.15) is 10.7 Å². The zero-order valence-corrected chi connectivity index (χ0v) is 11.3. The molecule has 0 aliphatic rings. The lowest BCUT2D eigenvalue weighted by molar-refractivity contribution is 0.551. The summed E-state index contributed by atoms with van der Waals surface area (Å²) in [7, 11) is -3.91. The maximum atomic E-state index is 13.4. The Bertz CT molecular complexity index is 554. The first-order valence-corrected chi connectivity index (χ1v) is 6.99. The van der Waals surface area contributed by atoms with Gasteiger partial charge in [0.15, 0.2) is 0 Å². The van der Waals surface area contributed by atoms with Crippen molar-refractivity contribution in [1.29, 1.82) is 5.26 Å². The van der Waals surface area contributed by atoms with Crippen LogP contribution in [-0.2, 0) is 10.0 Å². The molecule has 7 heteroatoms. The van der Waals surface area contributed by atoms with Crippen molar-refractivity contribution >= 4 is 26.0 Å². The van der Waals surface area contributed by atoms with E-state index in [1.54, 1.807) is 6.92 Å². The second-order valence-corrected chi connectivity index (χ2v) is 6.11. The molecule has 1 rings (SSSR count). The fraction of sp³-hybridized carbons (Fsp3) is 0.300. The van der Waals surface area contributed by atoms with E-state index >= 15 is 0 Å². The zero-order valence-electron chi connectivity index (χ0n) is 8.94. The normalized spacial score (nSPS) is 13.1. The second-order valence-electron chi connectivity index (χ2n) is 3.46. The summed E-state index contributed by atoms with van der Waals surface area (Å²) in [5.74, 6) is -1.31. The van der Waals surface area contributed by atoms with Crippen molar-refractivity contribution in [1.82, 2.24) is 4.72 Å². The monoisotopic (exact) mass is 320 g/mol. The van der Waals surface area contributed by atoms with Crippen LogP contribution in [0.4, 0.5) is 4.39 Å². The number of nitrogens with zero attached hydrogens (tertiary/aromatic N) is 1. The highest BCUT2D eigenvalue weighted by Gasteiger charge is 2.19. The first-order valence-electron chi connectivity index (χ1n) is 4.71. The van der Waals surface area contributed by atoms with E-state index in [9.17, 15) is 12.8 Å². The first-order chi connectivity index (χ1) is 7.86. The maximum Gasteiger partial charge on any atom is 0.243 e. The first kappa shape index (κ1) is 14.1. The van der Waals surface area contributed by atoms with Gasteiger partial charge in [-0.25, -0.2) is 17.5 Å². The van der Waals surface area contributed by atoms with E-state index in [-0.39, 0.29) is 6.54 Å². The van der Waals surface area contributed by atoms with Gasteiger partial charge in [0.05, 0.1) is 12.0 Å². The van der Waals surface area contributed by atoms with Gasteiger partial charge in [0.25, 0.3) is 0 Å². The topological polar surface area (TPSA) is 70.0 Å². The van der Waals surface area contributed by atoms with E-state index < -0.39 is 26.7 Å². The highest BCUT2D eigenvalue weighted by Crippen LogP contribution is 2.19. The minimum atomic E-state index is -3.91. The number of hydrogen-bond donors (Lipinski definition) is 1. The van der Waals surface area contributed by atoms with Crippen LogP contribution in [0.15, 0.2) is 27.6 Å². The van der Waals surface area contributed by atoms with Crippen molar-refractivity contribution in [2.45, 2.75) is 11.8 Å². The highest BCUT2D eigenvalue weighted by molar-refractivity contribution is 9.10. The average Bonchev–Trinajstić information content (AvgIpc) is 2.25. The quantitative estimate of drug-likeness (QED) is 0.922. The molecule has 1 atom stereocenters. The number of sulfonamides is 1. The molecule has 0 heterocycles. The third-order valence-electron chi connectivity index (χ3n) is 1.98. The molecule has 0 aliphatic carbocycles. The molecule has 0 bridgehead atoms. The maximum absolute atomic E-state index is 13.4. The van der Waals surface area contributed by atoms with Crippen LogP contribution in [0.3, 0.4) is 0 Å². The summed E-state index contributed by atoms with van der Waals surface area (Å²) < 4.78 is 39.5. The molecule has 0 saturated carbocycles. The predicted octanol–water partition coefficient (Wildman–Crippen LogP) is 2.03. The number of nitrogens with one attached hydrogen (secondary N) is 1. The predicted molar refractivity (Wildman–Crippen MR) is 64.1 cm³/mol. The van der Waals surface area contributed by atoms with E-state index in [1.165, 1.54) is 12.1 Å². The van der Waals surface area contributed by atoms with Crippen LogP contribution in [0.25, 0.3) is 0 Å². The molecule has 4 nitrogen and oxygen atoms in total. The fourth-order valence-corrected chi connectivity index (χ4v) is 2.57. The van der Waals surface area contributed by atoms with Crippen LogP contribution in [0.5, 0.6) is 0 Å². The Kier molecular flexibility index (Phi) is 4.62. The van der Waals surface area contributed by atoms with Crippen LogP contribution >= 0.6 is 15.9 Å². The Morgan fingerprint density at radius 3 is 2.76 bits per heavy atom. The van der Waals surface area contributed by atoms with Gasteiger partial charge in [-0.15, -0.1) is 0 Å². The number of hydrogen-bond acceptors (Lipinski definition) is 3. The molecule has 0 radical (unpaired) electrons. The van der Waals surface area contributed by atoms with Crippen molar-refractivity contribution in [3.63, 3.8) is 0 Å². The van der Waals surface area contributed by atoms with E-state index in [0.717, 1.165) is 6.07 Å². The number of benzene rings is 1. The summed E-state index contributed by atoms with van der Waals surface area (Å²) in [5, 5.41) is 8.53. The van der Waals surface area contributed by atoms with E-state index in [1.807, 2.05) is 6.07 Å². The Labute approximate surface area is 108 Å². The molecule has 17 heavy (non-hydrogen) atoms. The molecule has 1 unspecified atom stereocenters. The van der Waals surface area contributed by atoms with Crippen LogP contribution in [0, 0.1) is 23.1 Å². The van der Waals surface area contributed by atoms with Gasteiger partial charge in [0.2, 0.25) is 10.0 Å². The summed E-state index contributed by atoms with van der Waals surface area (Å²) >= 11 is 3.04. The number of halogens is 2. The van der Waals surface area contributed by atoms with Crippen molar-refractivity contribution < 1.29 is 12.8 Å². The van der Waals surface area contributed by atoms with Crippen LogP contribution < -0.4 is 4.72 Å². The van der Waals surface area contributed by atoms with E-state index in [4.69, 9.17) is 5.26 Å². The largest absolute Gasteiger partial charge is 0.243 e. The fourth-order valence-electron chi connectivity index (χ4n) is 1.05. The summed E-state index contributed by atoms with van der Waals surface area (Å²) in [6.07, 6.45) is 0. The average molecular weight is 321 g/mol. The lowest BCUT2D eigenvalue weighted by Crippen LogP contribution is -2.28. The lowest BCUT2D eigenvalue weighted by atomic mass is 10.2. The lowest BCUT2D eigenvalue weighted by Gasteiger charge is -2.08. The molecule has 1 N–H and O–H groups in total. The van der Waals surface area contributed by atoms with Gasteiger partial charge in [-0.1, -0.05) is 15.9 Å². The Hall–Kier alpha value is -0.970. The molecule has 0 spiro atoms. The molecule has 1 aromatic rings. The number of rotatable bonds is 4. The molecule has 1 aromatic carbocycles. The molecule has 0 saturated heterocycles. The minimum Gasteiger partial charge on any atom is -0.210 e. The molecule has 0 amide bonds. The van der Waals surface area contributed by atoms with Crippen molar-refractivity contribution in [2.75, 3.05) is 6.54 Å². The van der Waals surface area contributed by atoms with Gasteiger partial charge in [0, 0.05) is 11.0 Å². The summed E-state index contributed by atoms with van der Waals surface area (Å²) in [6.45, 7) is 1.52. The zero-order chi connectivity index (χ0) is 13.1. The summed E-state index contributed by atoms with van der Waals surface area (Å²) in [4.78, 5) is -0.425. The molecule has 0 fully saturated rings. The molecular weight excluding hydrogens is 311 g/mol. The van der Waals surface area contributed by atoms with E-state index in [0.29, 0.717) is 4.47 Å². The minimum absolute atomic E-state index is 0.0473. The Morgan fingerprint density at radius 1 is 1.59 bits per heavy atom. The SMILES string of the molecule is CC(C#N)CNS(=O)(=O)c1ccc(Br)cc1F. The second kappa shape index (κ2) is 5.58.